The molecule has 7 heteroatoms. The van der Waals surface area contributed by atoms with Crippen molar-refractivity contribution < 1.29 is 19.8 Å². The Hall–Kier alpha value is -1.95. The maximum Gasteiger partial charge on any atom is 0.258 e. The van der Waals surface area contributed by atoms with Crippen LogP contribution in [0, 0.1) is 5.92 Å². The molecule has 1 atom stereocenters. The summed E-state index contributed by atoms with van der Waals surface area (Å²) in [6, 6.07) is 1.74. The van der Waals surface area contributed by atoms with E-state index in [4.69, 9.17) is 11.6 Å². The van der Waals surface area contributed by atoms with Gasteiger partial charge in [0, 0.05) is 19.2 Å². The van der Waals surface area contributed by atoms with Gasteiger partial charge in [0.1, 0.15) is 17.5 Å². The van der Waals surface area contributed by atoms with E-state index >= 15 is 0 Å². The molecule has 3 N–H and O–H groups in total. The smallest absolute Gasteiger partial charge is 0.258 e. The highest BCUT2D eigenvalue weighted by Crippen LogP contribution is 2.33. The molecule has 3 rings (SSSR count). The Morgan fingerprint density at radius 3 is 2.65 bits per heavy atom. The zero-order chi connectivity index (χ0) is 16.6. The fourth-order valence-corrected chi connectivity index (χ4v) is 3.01. The van der Waals surface area contributed by atoms with E-state index in [1.165, 1.54) is 11.0 Å². The second kappa shape index (κ2) is 6.28. The van der Waals surface area contributed by atoms with Crippen molar-refractivity contribution >= 4 is 23.4 Å². The lowest BCUT2D eigenvalue weighted by molar-refractivity contribution is -0.124. The average molecular weight is 339 g/mol. The number of amides is 2. The third kappa shape index (κ3) is 3.37. The second-order valence-corrected chi connectivity index (χ2v) is 6.57. The zero-order valence-electron chi connectivity index (χ0n) is 12.6. The Bertz CT molecular complexity index is 645. The van der Waals surface area contributed by atoms with Gasteiger partial charge in [0.05, 0.1) is 10.6 Å². The number of aromatic hydroxyl groups is 2. The van der Waals surface area contributed by atoms with Crippen molar-refractivity contribution in [3.8, 4) is 11.5 Å². The minimum absolute atomic E-state index is 0.00491. The Morgan fingerprint density at radius 1 is 1.22 bits per heavy atom. The predicted octanol–water partition coefficient (Wildman–Crippen LogP) is 1.88. The number of hydrogen-bond donors (Lipinski definition) is 3. The largest absolute Gasteiger partial charge is 0.507 e. The number of hydrogen-bond acceptors (Lipinski definition) is 4. The van der Waals surface area contributed by atoms with Gasteiger partial charge in [-0.15, -0.1) is 0 Å². The predicted molar refractivity (Wildman–Crippen MR) is 84.6 cm³/mol. The molecule has 124 valence electrons. The maximum absolute atomic E-state index is 12.6. The third-order valence-corrected chi connectivity index (χ3v) is 4.68. The molecule has 0 aromatic heterocycles. The van der Waals surface area contributed by atoms with Gasteiger partial charge in [0.2, 0.25) is 5.91 Å². The fraction of sp³-hybridized carbons (Fsp3) is 0.500. The van der Waals surface area contributed by atoms with Crippen molar-refractivity contribution in [2.24, 2.45) is 5.92 Å². The normalized spacial score (nSPS) is 20.6. The van der Waals surface area contributed by atoms with Crippen molar-refractivity contribution in [2.45, 2.75) is 31.7 Å². The Labute approximate surface area is 139 Å². The molecule has 2 aliphatic rings. The van der Waals surface area contributed by atoms with E-state index in [1.54, 1.807) is 0 Å². The first kappa shape index (κ1) is 15.9. The summed E-state index contributed by atoms with van der Waals surface area (Å²) < 4.78 is 0. The zero-order valence-corrected chi connectivity index (χ0v) is 13.3. The number of carbonyl (C=O) groups excluding carboxylic acids is 2. The van der Waals surface area contributed by atoms with Gasteiger partial charge in [-0.3, -0.25) is 9.59 Å². The van der Waals surface area contributed by atoms with Crippen LogP contribution in [0.2, 0.25) is 5.02 Å². The van der Waals surface area contributed by atoms with Crippen molar-refractivity contribution in [1.82, 2.24) is 10.2 Å². The van der Waals surface area contributed by atoms with Crippen LogP contribution < -0.4 is 5.32 Å². The van der Waals surface area contributed by atoms with E-state index in [-0.39, 0.29) is 28.0 Å². The SMILES string of the molecule is O=C(NCC1CC1)[C@H]1CCCN1C(=O)c1cc(Cl)c(O)cc1O. The molecule has 6 nitrogen and oxygen atoms in total. The first-order valence-electron chi connectivity index (χ1n) is 7.77. The summed E-state index contributed by atoms with van der Waals surface area (Å²) in [4.78, 5) is 26.4. The van der Waals surface area contributed by atoms with Crippen LogP contribution in [0.15, 0.2) is 12.1 Å². The number of phenolic OH excluding ortho intramolecular Hbond substituents is 2. The van der Waals surface area contributed by atoms with Crippen LogP contribution >= 0.6 is 11.6 Å². The number of nitrogens with one attached hydrogen (secondary N) is 1. The van der Waals surface area contributed by atoms with Crippen LogP contribution in [0.4, 0.5) is 0 Å². The van der Waals surface area contributed by atoms with Gasteiger partial charge in [-0.1, -0.05) is 11.6 Å². The fourth-order valence-electron chi connectivity index (χ4n) is 2.84. The summed E-state index contributed by atoms with van der Waals surface area (Å²) in [5, 5.41) is 22.2. The van der Waals surface area contributed by atoms with Crippen LogP contribution in [0.25, 0.3) is 0 Å². The number of phenols is 2. The molecule has 2 amide bonds. The first-order valence-corrected chi connectivity index (χ1v) is 8.15. The quantitative estimate of drug-likeness (QED) is 0.782. The number of benzene rings is 1. The van der Waals surface area contributed by atoms with Crippen LogP contribution in [0.1, 0.15) is 36.0 Å². The Kier molecular flexibility index (Phi) is 4.35. The molecule has 2 fully saturated rings. The number of rotatable bonds is 4. The molecule has 0 unspecified atom stereocenters. The van der Waals surface area contributed by atoms with Crippen molar-refractivity contribution in [3.05, 3.63) is 22.7 Å². The van der Waals surface area contributed by atoms with Gasteiger partial charge in [-0.25, -0.2) is 0 Å². The number of halogens is 1. The van der Waals surface area contributed by atoms with E-state index in [0.29, 0.717) is 25.4 Å². The number of carbonyl (C=O) groups is 2. The first-order chi connectivity index (χ1) is 11.0. The topological polar surface area (TPSA) is 89.9 Å². The van der Waals surface area contributed by atoms with E-state index < -0.39 is 11.9 Å². The summed E-state index contributed by atoms with van der Waals surface area (Å²) in [6.07, 6.45) is 3.63. The Balaban J connectivity index is 1.74. The second-order valence-electron chi connectivity index (χ2n) is 6.17. The van der Waals surface area contributed by atoms with Gasteiger partial charge >= 0.3 is 0 Å². The monoisotopic (exact) mass is 338 g/mol. The summed E-state index contributed by atoms with van der Waals surface area (Å²) in [6.45, 7) is 1.12. The van der Waals surface area contributed by atoms with Gasteiger partial charge in [-0.2, -0.15) is 0 Å². The lowest BCUT2D eigenvalue weighted by Gasteiger charge is -2.24. The van der Waals surface area contributed by atoms with Crippen molar-refractivity contribution in [3.63, 3.8) is 0 Å². The number of likely N-dealkylation sites (tertiary alicyclic amines) is 1. The highest BCUT2D eigenvalue weighted by molar-refractivity contribution is 6.32. The summed E-state index contributed by atoms with van der Waals surface area (Å²) in [7, 11) is 0. The van der Waals surface area contributed by atoms with Crippen molar-refractivity contribution in [1.29, 1.82) is 0 Å². The molecule has 1 aliphatic heterocycles. The molecule has 0 radical (unpaired) electrons. The lowest BCUT2D eigenvalue weighted by atomic mass is 10.1. The molecular weight excluding hydrogens is 320 g/mol. The van der Waals surface area contributed by atoms with Crippen LogP contribution in [-0.4, -0.2) is 46.1 Å². The van der Waals surface area contributed by atoms with Crippen LogP contribution in [-0.2, 0) is 4.79 Å². The summed E-state index contributed by atoms with van der Waals surface area (Å²) in [5.41, 5.74) is -0.00491. The summed E-state index contributed by atoms with van der Waals surface area (Å²) in [5.74, 6) is -0.660. The van der Waals surface area contributed by atoms with Crippen LogP contribution in [0.3, 0.4) is 0 Å². The third-order valence-electron chi connectivity index (χ3n) is 4.37. The minimum atomic E-state index is -0.520. The van der Waals surface area contributed by atoms with E-state index in [2.05, 4.69) is 5.32 Å². The van der Waals surface area contributed by atoms with Crippen LogP contribution in [0.5, 0.6) is 11.5 Å². The van der Waals surface area contributed by atoms with E-state index in [9.17, 15) is 19.8 Å². The molecule has 0 bridgehead atoms. The molecule has 1 saturated heterocycles. The van der Waals surface area contributed by atoms with Gasteiger partial charge in [0.15, 0.2) is 0 Å². The summed E-state index contributed by atoms with van der Waals surface area (Å²) >= 11 is 5.82. The Morgan fingerprint density at radius 2 is 1.96 bits per heavy atom. The molecule has 1 aromatic carbocycles. The maximum atomic E-state index is 12.6. The highest BCUT2D eigenvalue weighted by atomic mass is 35.5. The average Bonchev–Trinajstić information content (AvgIpc) is 3.22. The van der Waals surface area contributed by atoms with E-state index in [1.807, 2.05) is 0 Å². The molecule has 1 aromatic rings. The van der Waals surface area contributed by atoms with Gasteiger partial charge < -0.3 is 20.4 Å². The minimum Gasteiger partial charge on any atom is -0.507 e. The molecule has 23 heavy (non-hydrogen) atoms. The van der Waals surface area contributed by atoms with E-state index in [0.717, 1.165) is 25.3 Å². The highest BCUT2D eigenvalue weighted by Gasteiger charge is 2.36. The van der Waals surface area contributed by atoms with Gasteiger partial charge in [-0.05, 0) is 37.7 Å². The molecule has 1 heterocycles. The molecule has 1 saturated carbocycles. The molecular formula is C16H19ClN2O4. The lowest BCUT2D eigenvalue weighted by Crippen LogP contribution is -2.46. The number of nitrogens with zero attached hydrogens (tertiary/aromatic N) is 1. The standard InChI is InChI=1S/C16H19ClN2O4/c17-11-6-10(13(20)7-14(11)21)16(23)19-5-1-2-12(19)15(22)18-8-9-3-4-9/h6-7,9,12,20-21H,1-5,8H2,(H,18,22)/t12-/m1/s1. The van der Waals surface area contributed by atoms with Gasteiger partial charge in [0.25, 0.3) is 5.91 Å². The van der Waals surface area contributed by atoms with Crippen molar-refractivity contribution in [2.75, 3.05) is 13.1 Å². The molecule has 1 aliphatic carbocycles. The molecule has 0 spiro atoms.